The molecule has 0 amide bonds. The molecule has 0 radical (unpaired) electrons. The van der Waals surface area contributed by atoms with Crippen LogP contribution in [0.5, 0.6) is 0 Å². The molecule has 0 bridgehead atoms. The van der Waals surface area contributed by atoms with Gasteiger partial charge in [0.05, 0.1) is 0 Å². The molecule has 2 heterocycles. The summed E-state index contributed by atoms with van der Waals surface area (Å²) in [7, 11) is 0. The molecule has 0 saturated carbocycles. The summed E-state index contributed by atoms with van der Waals surface area (Å²) in [6.45, 7) is 11.8. The van der Waals surface area contributed by atoms with Gasteiger partial charge in [-0.3, -0.25) is 4.90 Å². The lowest BCUT2D eigenvalue weighted by atomic mass is 9.66. The summed E-state index contributed by atoms with van der Waals surface area (Å²) in [6.07, 6.45) is 9.24. The third kappa shape index (κ3) is 4.53. The van der Waals surface area contributed by atoms with Gasteiger partial charge in [0.1, 0.15) is 6.17 Å². The van der Waals surface area contributed by atoms with Crippen LogP contribution in [-0.2, 0) is 6.54 Å². The second-order valence-electron chi connectivity index (χ2n) is 9.83. The summed E-state index contributed by atoms with van der Waals surface area (Å²) < 4.78 is 0. The lowest BCUT2D eigenvalue weighted by Gasteiger charge is -2.57. The minimum absolute atomic E-state index is 0.308. The first kappa shape index (κ1) is 23.1. The Hall–Kier alpha value is -2.06. The van der Waals surface area contributed by atoms with Gasteiger partial charge in [-0.2, -0.15) is 0 Å². The third-order valence-electron chi connectivity index (χ3n) is 8.04. The van der Waals surface area contributed by atoms with Gasteiger partial charge in [0, 0.05) is 25.3 Å². The van der Waals surface area contributed by atoms with E-state index in [1.165, 1.54) is 43.4 Å². The van der Waals surface area contributed by atoms with Crippen LogP contribution in [0.2, 0.25) is 0 Å². The predicted molar refractivity (Wildman–Crippen MR) is 136 cm³/mol. The molecule has 0 N–H and O–H groups in total. The van der Waals surface area contributed by atoms with E-state index in [9.17, 15) is 0 Å². The van der Waals surface area contributed by atoms with Gasteiger partial charge in [-0.15, -0.1) is 0 Å². The second-order valence-corrected chi connectivity index (χ2v) is 9.83. The van der Waals surface area contributed by atoms with Gasteiger partial charge in [-0.1, -0.05) is 114 Å². The van der Waals surface area contributed by atoms with Crippen LogP contribution in [0.3, 0.4) is 0 Å². The van der Waals surface area contributed by atoms with E-state index in [-0.39, 0.29) is 0 Å². The largest absolute Gasteiger partial charge is 0.354 e. The minimum atomic E-state index is 0.308. The standard InChI is InChI=1S/C30H42N2/c1-5-15-28-24(6-2)22-32-29(27(28)8-4)25(7-3)21-31(20-23-16-11-9-12-17-23)30(32)26-18-13-10-14-19-26/h9-14,16-19,21,24,27-30H,5-8,15,20,22H2,1-4H3. The normalized spacial score (nSPS) is 28.3. The monoisotopic (exact) mass is 430 g/mol. The molecule has 4 rings (SSSR count). The van der Waals surface area contributed by atoms with Gasteiger partial charge in [-0.25, -0.2) is 0 Å². The molecule has 2 aliphatic heterocycles. The maximum atomic E-state index is 2.89. The van der Waals surface area contributed by atoms with E-state index in [1.54, 1.807) is 5.57 Å². The highest BCUT2D eigenvalue weighted by molar-refractivity contribution is 5.28. The van der Waals surface area contributed by atoms with Crippen LogP contribution in [-0.4, -0.2) is 22.4 Å². The quantitative estimate of drug-likeness (QED) is 0.424. The first-order chi connectivity index (χ1) is 15.7. The number of fused-ring (bicyclic) bond motifs is 1. The summed E-state index contributed by atoms with van der Waals surface area (Å²) in [5.74, 6) is 2.39. The molecular formula is C30H42N2. The van der Waals surface area contributed by atoms with E-state index in [4.69, 9.17) is 0 Å². The SMILES string of the molecule is CCCC1C(CC)CN2C(C(CC)=CN(Cc3ccccc3)C2c2ccccc2)C1CC. The maximum Gasteiger partial charge on any atom is 0.109 e. The highest BCUT2D eigenvalue weighted by atomic mass is 15.4. The molecule has 2 aliphatic rings. The van der Waals surface area contributed by atoms with E-state index in [2.05, 4.69) is 104 Å². The topological polar surface area (TPSA) is 6.48 Å². The van der Waals surface area contributed by atoms with E-state index in [1.807, 2.05) is 0 Å². The summed E-state index contributed by atoms with van der Waals surface area (Å²) in [5.41, 5.74) is 4.45. The van der Waals surface area contributed by atoms with Gasteiger partial charge >= 0.3 is 0 Å². The molecule has 32 heavy (non-hydrogen) atoms. The van der Waals surface area contributed by atoms with Crippen LogP contribution in [0.15, 0.2) is 72.4 Å². The molecule has 0 aliphatic carbocycles. The molecule has 5 unspecified atom stereocenters. The molecule has 0 aromatic heterocycles. The smallest absolute Gasteiger partial charge is 0.109 e. The zero-order chi connectivity index (χ0) is 22.5. The number of hydrogen-bond acceptors (Lipinski definition) is 2. The van der Waals surface area contributed by atoms with Crippen LogP contribution in [0.25, 0.3) is 0 Å². The van der Waals surface area contributed by atoms with Crippen molar-refractivity contribution in [3.8, 4) is 0 Å². The lowest BCUT2D eigenvalue weighted by Crippen LogP contribution is -2.59. The van der Waals surface area contributed by atoms with Gasteiger partial charge in [-0.05, 0) is 40.9 Å². The molecule has 1 saturated heterocycles. The van der Waals surface area contributed by atoms with Crippen molar-refractivity contribution in [2.24, 2.45) is 17.8 Å². The Kier molecular flexibility index (Phi) is 7.73. The molecular weight excluding hydrogens is 388 g/mol. The highest BCUT2D eigenvalue weighted by Crippen LogP contribution is 2.48. The Bertz CT molecular complexity index is 859. The fourth-order valence-corrected chi connectivity index (χ4v) is 6.62. The van der Waals surface area contributed by atoms with Crippen molar-refractivity contribution in [1.82, 2.24) is 9.80 Å². The summed E-state index contributed by atoms with van der Waals surface area (Å²) in [6, 6.07) is 22.8. The molecule has 5 atom stereocenters. The zero-order valence-electron chi connectivity index (χ0n) is 20.6. The zero-order valence-corrected chi connectivity index (χ0v) is 20.6. The van der Waals surface area contributed by atoms with Crippen LogP contribution >= 0.6 is 0 Å². The van der Waals surface area contributed by atoms with Crippen molar-refractivity contribution < 1.29 is 0 Å². The predicted octanol–water partition coefficient (Wildman–Crippen LogP) is 7.65. The van der Waals surface area contributed by atoms with Gasteiger partial charge in [0.25, 0.3) is 0 Å². The first-order valence-corrected chi connectivity index (χ1v) is 13.0. The summed E-state index contributed by atoms with van der Waals surface area (Å²) in [4.78, 5) is 5.52. The average molecular weight is 431 g/mol. The van der Waals surface area contributed by atoms with Gasteiger partial charge < -0.3 is 4.90 Å². The van der Waals surface area contributed by atoms with E-state index in [0.29, 0.717) is 12.2 Å². The van der Waals surface area contributed by atoms with Crippen molar-refractivity contribution in [3.63, 3.8) is 0 Å². The van der Waals surface area contributed by atoms with Crippen molar-refractivity contribution >= 4 is 0 Å². The van der Waals surface area contributed by atoms with Crippen LogP contribution in [0, 0.1) is 17.8 Å². The molecule has 2 heteroatoms. The molecule has 2 nitrogen and oxygen atoms in total. The Morgan fingerprint density at radius 1 is 0.812 bits per heavy atom. The number of piperidine rings is 1. The summed E-state index contributed by atoms with van der Waals surface area (Å²) in [5, 5.41) is 0. The van der Waals surface area contributed by atoms with Crippen molar-refractivity contribution in [2.45, 2.75) is 78.6 Å². The Morgan fingerprint density at radius 3 is 2.09 bits per heavy atom. The first-order valence-electron chi connectivity index (χ1n) is 13.0. The van der Waals surface area contributed by atoms with E-state index >= 15 is 0 Å². The Morgan fingerprint density at radius 2 is 1.50 bits per heavy atom. The molecule has 2 aromatic carbocycles. The summed E-state index contributed by atoms with van der Waals surface area (Å²) >= 11 is 0. The lowest BCUT2D eigenvalue weighted by molar-refractivity contribution is -0.0696. The minimum Gasteiger partial charge on any atom is -0.354 e. The van der Waals surface area contributed by atoms with E-state index < -0.39 is 0 Å². The van der Waals surface area contributed by atoms with Crippen LogP contribution in [0.4, 0.5) is 0 Å². The van der Waals surface area contributed by atoms with Crippen molar-refractivity contribution in [3.05, 3.63) is 83.6 Å². The number of rotatable bonds is 8. The number of hydrogen-bond donors (Lipinski definition) is 0. The second kappa shape index (κ2) is 10.7. The van der Waals surface area contributed by atoms with Crippen molar-refractivity contribution in [1.29, 1.82) is 0 Å². The molecule has 2 aromatic rings. The maximum absolute atomic E-state index is 2.89. The fraction of sp³-hybridized carbons (Fsp3) is 0.533. The van der Waals surface area contributed by atoms with Gasteiger partial charge in [0.15, 0.2) is 0 Å². The molecule has 1 fully saturated rings. The third-order valence-corrected chi connectivity index (χ3v) is 8.04. The van der Waals surface area contributed by atoms with Crippen LogP contribution < -0.4 is 0 Å². The Labute approximate surface area is 196 Å². The van der Waals surface area contributed by atoms with Crippen LogP contribution in [0.1, 0.15) is 77.1 Å². The number of benzene rings is 2. The molecule has 172 valence electrons. The highest BCUT2D eigenvalue weighted by Gasteiger charge is 2.48. The van der Waals surface area contributed by atoms with Crippen molar-refractivity contribution in [2.75, 3.05) is 6.54 Å². The van der Waals surface area contributed by atoms with E-state index in [0.717, 1.165) is 30.7 Å². The fourth-order valence-electron chi connectivity index (χ4n) is 6.62. The average Bonchev–Trinajstić information content (AvgIpc) is 2.84. The number of nitrogens with zero attached hydrogens (tertiary/aromatic N) is 2. The van der Waals surface area contributed by atoms with Gasteiger partial charge in [0.2, 0.25) is 0 Å². The Balaban J connectivity index is 1.80. The molecule has 0 spiro atoms.